The Labute approximate surface area is 209 Å². The molecule has 9 nitrogen and oxygen atoms in total. The van der Waals surface area contributed by atoms with Gasteiger partial charge in [-0.15, -0.1) is 0 Å². The van der Waals surface area contributed by atoms with Crippen molar-refractivity contribution in [2.45, 2.75) is 25.2 Å². The summed E-state index contributed by atoms with van der Waals surface area (Å²) in [6.07, 6.45) is -2.77. The summed E-state index contributed by atoms with van der Waals surface area (Å²) in [6.45, 7) is -0.781. The first-order valence-electron chi connectivity index (χ1n) is 11.4. The van der Waals surface area contributed by atoms with E-state index in [-0.39, 0.29) is 30.0 Å². The number of rotatable bonds is 4. The van der Waals surface area contributed by atoms with Crippen molar-refractivity contribution in [3.63, 3.8) is 0 Å². The summed E-state index contributed by atoms with van der Waals surface area (Å²) in [4.78, 5) is 28.4. The molecule has 2 heterocycles. The third-order valence-corrected chi connectivity index (χ3v) is 6.43. The molecular weight excluding hydrogens is 494 g/mol. The summed E-state index contributed by atoms with van der Waals surface area (Å²) in [5.74, 6) is -4.13. The molecular formula is C24H25F4N7O2. The summed E-state index contributed by atoms with van der Waals surface area (Å²) < 4.78 is 54.5. The first-order valence-corrected chi connectivity index (χ1v) is 11.4. The number of aromatic amines is 1. The van der Waals surface area contributed by atoms with Crippen molar-refractivity contribution in [3.05, 3.63) is 63.9 Å². The highest BCUT2D eigenvalue weighted by Crippen LogP contribution is 2.30. The van der Waals surface area contributed by atoms with Gasteiger partial charge in [0.15, 0.2) is 0 Å². The van der Waals surface area contributed by atoms with Gasteiger partial charge in [-0.2, -0.15) is 18.3 Å². The Hall–Kier alpha value is -3.87. The average molecular weight is 520 g/mol. The van der Waals surface area contributed by atoms with E-state index < -0.39 is 42.3 Å². The number of hydrogen-bond acceptors (Lipinski definition) is 6. The summed E-state index contributed by atoms with van der Waals surface area (Å²) in [6, 6.07) is 6.92. The Morgan fingerprint density at radius 3 is 2.57 bits per heavy atom. The number of amidine groups is 2. The lowest BCUT2D eigenvalue weighted by Gasteiger charge is -2.45. The largest absolute Gasteiger partial charge is 0.449 e. The number of aromatic nitrogens is 2. The molecule has 1 amide bonds. The molecule has 1 fully saturated rings. The molecule has 0 saturated carbocycles. The highest BCUT2D eigenvalue weighted by atomic mass is 19.4. The molecule has 0 radical (unpaired) electrons. The molecule has 13 heteroatoms. The third-order valence-electron chi connectivity index (χ3n) is 6.43. The van der Waals surface area contributed by atoms with Crippen LogP contribution in [0.4, 0.5) is 17.6 Å². The monoisotopic (exact) mass is 519 g/mol. The smallest absolute Gasteiger partial charge is 0.328 e. The molecule has 1 aliphatic heterocycles. The predicted octanol–water partition coefficient (Wildman–Crippen LogP) is 2.81. The van der Waals surface area contributed by atoms with Gasteiger partial charge in [0.2, 0.25) is 5.84 Å². The van der Waals surface area contributed by atoms with Crippen LogP contribution in [0.15, 0.2) is 52.6 Å². The fourth-order valence-corrected chi connectivity index (χ4v) is 4.56. The van der Waals surface area contributed by atoms with E-state index in [1.165, 1.54) is 31.1 Å². The van der Waals surface area contributed by atoms with Crippen LogP contribution < -0.4 is 5.56 Å². The third kappa shape index (κ3) is 5.17. The molecule has 2 unspecified atom stereocenters. The first-order chi connectivity index (χ1) is 17.4. The number of alkyl halides is 3. The maximum atomic E-state index is 14.8. The number of amides is 1. The Morgan fingerprint density at radius 1 is 1.24 bits per heavy atom. The van der Waals surface area contributed by atoms with Crippen LogP contribution in [-0.2, 0) is 11.2 Å². The van der Waals surface area contributed by atoms with Gasteiger partial charge in [-0.3, -0.25) is 30.2 Å². The molecule has 196 valence electrons. The number of carbonyl (C=O) groups excluding carboxylic acids is 1. The van der Waals surface area contributed by atoms with Gasteiger partial charge >= 0.3 is 6.18 Å². The van der Waals surface area contributed by atoms with E-state index in [0.29, 0.717) is 27.8 Å². The van der Waals surface area contributed by atoms with Gasteiger partial charge in [-0.25, -0.2) is 9.49 Å². The standard InChI is InChI=1S/C24H25F4N7O2/c1-33(2)20-12-34(11-19(29)35(20)23(30)24(26,27)28)22(37)16-9-13(7-8-17(16)25)10-18-14-5-3-4-6-15(14)21(36)32-31-18/h3-6,8-9,13,20,29-30H,7,10-12H2,1-2H3,(H,32,36). The van der Waals surface area contributed by atoms with Crippen molar-refractivity contribution in [1.82, 2.24) is 24.9 Å². The highest BCUT2D eigenvalue weighted by Gasteiger charge is 2.46. The van der Waals surface area contributed by atoms with Gasteiger partial charge in [-0.1, -0.05) is 24.3 Å². The molecule has 2 atom stereocenters. The number of hydrogen-bond donors (Lipinski definition) is 3. The minimum Gasteiger partial charge on any atom is -0.328 e. The molecule has 2 aliphatic rings. The van der Waals surface area contributed by atoms with E-state index in [4.69, 9.17) is 10.8 Å². The molecule has 4 rings (SSSR count). The quantitative estimate of drug-likeness (QED) is 0.326. The van der Waals surface area contributed by atoms with Crippen LogP contribution >= 0.6 is 0 Å². The van der Waals surface area contributed by atoms with Gasteiger partial charge < -0.3 is 4.90 Å². The Bertz CT molecular complexity index is 1380. The second kappa shape index (κ2) is 9.88. The van der Waals surface area contributed by atoms with E-state index in [2.05, 4.69) is 10.2 Å². The molecule has 2 aromatic rings. The van der Waals surface area contributed by atoms with Crippen molar-refractivity contribution >= 4 is 28.4 Å². The number of piperazine rings is 1. The van der Waals surface area contributed by atoms with Crippen LogP contribution in [0.3, 0.4) is 0 Å². The average Bonchev–Trinajstić information content (AvgIpc) is 2.85. The van der Waals surface area contributed by atoms with Crippen LogP contribution in [0.25, 0.3) is 10.8 Å². The number of allylic oxidation sites excluding steroid dienone is 2. The summed E-state index contributed by atoms with van der Waals surface area (Å²) in [5.41, 5.74) is -0.00157. The molecule has 1 aromatic carbocycles. The normalized spacial score (nSPS) is 20.8. The van der Waals surface area contributed by atoms with E-state index >= 15 is 0 Å². The zero-order chi connectivity index (χ0) is 27.1. The number of halogens is 4. The number of nitrogens with zero attached hydrogens (tertiary/aromatic N) is 4. The lowest BCUT2D eigenvalue weighted by molar-refractivity contribution is -0.128. The molecule has 3 N–H and O–H groups in total. The summed E-state index contributed by atoms with van der Waals surface area (Å²) in [5, 5.41) is 23.4. The van der Waals surface area contributed by atoms with Crippen molar-refractivity contribution in [2.75, 3.05) is 27.2 Å². The SMILES string of the molecule is CN(C)C1CN(C(=O)C2=CC(Cc3n[nH]c(=O)c4ccccc34)CC=C2F)CC(=N)N1C(=N)C(F)(F)F. The Kier molecular flexibility index (Phi) is 7.00. The lowest BCUT2D eigenvalue weighted by Crippen LogP contribution is -2.65. The number of fused-ring (bicyclic) bond motifs is 1. The fraction of sp³-hybridized carbons (Fsp3) is 0.375. The van der Waals surface area contributed by atoms with E-state index in [1.807, 2.05) is 0 Å². The Morgan fingerprint density at radius 2 is 1.92 bits per heavy atom. The van der Waals surface area contributed by atoms with Crippen molar-refractivity contribution in [3.8, 4) is 0 Å². The van der Waals surface area contributed by atoms with Gasteiger partial charge in [0.25, 0.3) is 11.5 Å². The summed E-state index contributed by atoms with van der Waals surface area (Å²) >= 11 is 0. The zero-order valence-corrected chi connectivity index (χ0v) is 20.1. The van der Waals surface area contributed by atoms with Crippen LogP contribution in [0.5, 0.6) is 0 Å². The number of benzene rings is 1. The lowest BCUT2D eigenvalue weighted by atomic mass is 9.89. The first kappa shape index (κ1) is 26.2. The number of likely N-dealkylation sites (N-methyl/N-ethyl adjacent to an activating group) is 1. The number of H-pyrrole nitrogens is 1. The molecule has 1 aromatic heterocycles. The predicted molar refractivity (Wildman–Crippen MR) is 129 cm³/mol. The molecule has 1 aliphatic carbocycles. The van der Waals surface area contributed by atoms with Gasteiger partial charge in [-0.05, 0) is 45.0 Å². The topological polar surface area (TPSA) is 120 Å². The van der Waals surface area contributed by atoms with Crippen molar-refractivity contribution < 1.29 is 22.4 Å². The number of carbonyl (C=O) groups is 1. The maximum absolute atomic E-state index is 14.8. The van der Waals surface area contributed by atoms with Crippen LogP contribution in [0.1, 0.15) is 12.1 Å². The van der Waals surface area contributed by atoms with Crippen molar-refractivity contribution in [1.29, 1.82) is 10.8 Å². The fourth-order valence-electron chi connectivity index (χ4n) is 4.56. The van der Waals surface area contributed by atoms with Gasteiger partial charge in [0.1, 0.15) is 17.8 Å². The maximum Gasteiger partial charge on any atom is 0.449 e. The van der Waals surface area contributed by atoms with Crippen LogP contribution in [-0.4, -0.2) is 82.0 Å². The minimum atomic E-state index is -4.97. The minimum absolute atomic E-state index is 0.241. The number of nitrogens with one attached hydrogen (secondary N) is 3. The van der Waals surface area contributed by atoms with Crippen LogP contribution in [0, 0.1) is 16.7 Å². The van der Waals surface area contributed by atoms with E-state index in [1.54, 1.807) is 24.3 Å². The zero-order valence-electron chi connectivity index (χ0n) is 20.1. The van der Waals surface area contributed by atoms with Gasteiger partial charge in [0, 0.05) is 5.39 Å². The molecule has 1 saturated heterocycles. The van der Waals surface area contributed by atoms with Crippen LogP contribution in [0.2, 0.25) is 0 Å². The molecule has 0 bridgehead atoms. The van der Waals surface area contributed by atoms with E-state index in [0.717, 1.165) is 4.90 Å². The second-order valence-electron chi connectivity index (χ2n) is 9.17. The highest BCUT2D eigenvalue weighted by molar-refractivity contribution is 6.05. The Balaban J connectivity index is 1.58. The molecule has 37 heavy (non-hydrogen) atoms. The summed E-state index contributed by atoms with van der Waals surface area (Å²) in [7, 11) is 2.95. The van der Waals surface area contributed by atoms with Crippen molar-refractivity contribution in [2.24, 2.45) is 5.92 Å². The molecule has 0 spiro atoms. The van der Waals surface area contributed by atoms with E-state index in [9.17, 15) is 27.2 Å². The second-order valence-corrected chi connectivity index (χ2v) is 9.17. The van der Waals surface area contributed by atoms with Gasteiger partial charge in [0.05, 0.1) is 29.7 Å².